The van der Waals surface area contributed by atoms with Crippen LogP contribution in [0.15, 0.2) is 36.5 Å². The second-order valence-electron chi connectivity index (χ2n) is 3.31. The van der Waals surface area contributed by atoms with E-state index in [1.807, 2.05) is 0 Å². The summed E-state index contributed by atoms with van der Waals surface area (Å²) in [4.78, 5) is 0. The third-order valence-electron chi connectivity index (χ3n) is 2.48. The van der Waals surface area contributed by atoms with Gasteiger partial charge in [-0.2, -0.15) is 4.40 Å². The fraction of sp³-hybridized carbons (Fsp3) is 0.250. The molecule has 0 aliphatic heterocycles. The maximum absolute atomic E-state index is 2.23. The van der Waals surface area contributed by atoms with Crippen LogP contribution in [0.5, 0.6) is 0 Å². The van der Waals surface area contributed by atoms with Gasteiger partial charge in [-0.25, -0.2) is 0 Å². The number of nitrogens with zero attached hydrogens (tertiary/aromatic N) is 1. The van der Waals surface area contributed by atoms with Crippen LogP contribution in [-0.2, 0) is 6.42 Å². The number of hydrogen-bond acceptors (Lipinski definition) is 1. The fourth-order valence-electron chi connectivity index (χ4n) is 1.70. The molecule has 0 saturated carbocycles. The first kappa shape index (κ1) is 13.5. The predicted molar refractivity (Wildman–Crippen MR) is 59.3 cm³/mol. The molecule has 0 aliphatic carbocycles. The van der Waals surface area contributed by atoms with E-state index < -0.39 is 0 Å². The Balaban J connectivity index is 0.000000980. The van der Waals surface area contributed by atoms with Crippen molar-refractivity contribution in [2.45, 2.75) is 20.3 Å². The Bertz CT molecular complexity index is 441. The van der Waals surface area contributed by atoms with E-state index in [0.29, 0.717) is 0 Å². The zero-order chi connectivity index (χ0) is 9.26. The average Bonchev–Trinajstić information content (AvgIpc) is 2.19. The van der Waals surface area contributed by atoms with Crippen molar-refractivity contribution in [1.29, 1.82) is 0 Å². The van der Waals surface area contributed by atoms with Gasteiger partial charge >= 0.3 is 0 Å². The van der Waals surface area contributed by atoms with Crippen LogP contribution in [0.2, 0.25) is 0 Å². The van der Waals surface area contributed by atoms with Crippen molar-refractivity contribution in [2.75, 3.05) is 0 Å². The molecular weight excluding hydrogens is 190 g/mol. The van der Waals surface area contributed by atoms with E-state index in [1.54, 1.807) is 0 Å². The van der Waals surface area contributed by atoms with Crippen LogP contribution >= 0.6 is 0 Å². The Morgan fingerprint density at radius 1 is 1.13 bits per heavy atom. The number of pyridine rings is 2. The van der Waals surface area contributed by atoms with E-state index in [9.17, 15) is 0 Å². The first-order valence-corrected chi connectivity index (χ1v) is 4.72. The standard InChI is InChI=1S/C12H14N.2H2O/c1-3-11-8-7-10(2)13-9-5-4-6-12(11)13;;/h4-9H,3H2,1-2H3;2*1H2/q+1;;/p-1. The van der Waals surface area contributed by atoms with Gasteiger partial charge in [-0.05, 0) is 18.6 Å². The topological polar surface area (TPSA) is 65.6 Å². The number of fused-ring (bicyclic) bond motifs is 1. The van der Waals surface area contributed by atoms with E-state index in [0.717, 1.165) is 6.42 Å². The van der Waals surface area contributed by atoms with Gasteiger partial charge in [-0.3, -0.25) is 0 Å². The molecule has 0 radical (unpaired) electrons. The molecule has 3 N–H and O–H groups in total. The van der Waals surface area contributed by atoms with E-state index >= 15 is 0 Å². The Labute approximate surface area is 89.6 Å². The van der Waals surface area contributed by atoms with Crippen LogP contribution < -0.4 is 4.40 Å². The highest BCUT2D eigenvalue weighted by atomic mass is 16.0. The average molecular weight is 207 g/mol. The van der Waals surface area contributed by atoms with Crippen molar-refractivity contribution in [3.8, 4) is 0 Å². The zero-order valence-corrected chi connectivity index (χ0v) is 9.07. The molecule has 2 aromatic rings. The molecule has 0 spiro atoms. The zero-order valence-electron chi connectivity index (χ0n) is 9.07. The number of aromatic nitrogens is 1. The number of aryl methyl sites for hydroxylation is 2. The van der Waals surface area contributed by atoms with Gasteiger partial charge in [0, 0.05) is 30.7 Å². The molecule has 0 amide bonds. The monoisotopic (exact) mass is 207 g/mol. The number of hydrogen-bond donors (Lipinski definition) is 0. The van der Waals surface area contributed by atoms with Gasteiger partial charge in [0.05, 0.1) is 0 Å². The second-order valence-corrected chi connectivity index (χ2v) is 3.31. The van der Waals surface area contributed by atoms with Gasteiger partial charge in [0.25, 0.3) is 0 Å². The summed E-state index contributed by atoms with van der Waals surface area (Å²) < 4.78 is 2.23. The summed E-state index contributed by atoms with van der Waals surface area (Å²) >= 11 is 0. The largest absolute Gasteiger partial charge is 0.870 e. The summed E-state index contributed by atoms with van der Waals surface area (Å²) in [5.41, 5.74) is 4.02. The van der Waals surface area contributed by atoms with Gasteiger partial charge in [-0.15, -0.1) is 0 Å². The molecule has 0 atom stereocenters. The van der Waals surface area contributed by atoms with Gasteiger partial charge < -0.3 is 11.0 Å². The molecule has 2 rings (SSSR count). The summed E-state index contributed by atoms with van der Waals surface area (Å²) in [7, 11) is 0. The molecule has 0 aromatic carbocycles. The molecule has 3 nitrogen and oxygen atoms in total. The van der Waals surface area contributed by atoms with Gasteiger partial charge in [-0.1, -0.05) is 6.92 Å². The van der Waals surface area contributed by atoms with E-state index in [1.165, 1.54) is 16.8 Å². The minimum Gasteiger partial charge on any atom is -0.870 e. The molecule has 0 saturated heterocycles. The van der Waals surface area contributed by atoms with Crippen molar-refractivity contribution in [1.82, 2.24) is 0 Å². The van der Waals surface area contributed by atoms with Crippen molar-refractivity contribution >= 4 is 5.52 Å². The predicted octanol–water partition coefficient (Wildman–Crippen LogP) is 1.29. The summed E-state index contributed by atoms with van der Waals surface area (Å²) in [5, 5.41) is 0. The lowest BCUT2D eigenvalue weighted by atomic mass is 10.1. The van der Waals surface area contributed by atoms with Crippen LogP contribution in [0.4, 0.5) is 0 Å². The molecule has 2 heterocycles. The van der Waals surface area contributed by atoms with E-state index in [4.69, 9.17) is 0 Å². The smallest absolute Gasteiger partial charge is 0.214 e. The van der Waals surface area contributed by atoms with Crippen LogP contribution in [0.3, 0.4) is 0 Å². The van der Waals surface area contributed by atoms with Gasteiger partial charge in [0.15, 0.2) is 11.9 Å². The quantitative estimate of drug-likeness (QED) is 0.650. The molecule has 2 aromatic heterocycles. The second kappa shape index (κ2) is 5.44. The molecular formula is C12H17NO2. The lowest BCUT2D eigenvalue weighted by molar-refractivity contribution is -0.520. The van der Waals surface area contributed by atoms with E-state index in [2.05, 4.69) is 54.8 Å². The molecule has 82 valence electrons. The summed E-state index contributed by atoms with van der Waals surface area (Å²) in [6.45, 7) is 4.32. The lowest BCUT2D eigenvalue weighted by Gasteiger charge is -1.99. The molecule has 0 fully saturated rings. The first-order chi connectivity index (χ1) is 6.33. The molecule has 0 aliphatic rings. The molecule has 0 unspecified atom stereocenters. The highest BCUT2D eigenvalue weighted by Gasteiger charge is 2.08. The van der Waals surface area contributed by atoms with Gasteiger partial charge in [0.2, 0.25) is 5.52 Å². The van der Waals surface area contributed by atoms with Crippen molar-refractivity contribution in [2.24, 2.45) is 0 Å². The molecule has 3 heteroatoms. The van der Waals surface area contributed by atoms with Crippen molar-refractivity contribution < 1.29 is 15.4 Å². The van der Waals surface area contributed by atoms with Gasteiger partial charge in [0.1, 0.15) is 0 Å². The Morgan fingerprint density at radius 3 is 2.53 bits per heavy atom. The van der Waals surface area contributed by atoms with Crippen molar-refractivity contribution in [3.63, 3.8) is 0 Å². The summed E-state index contributed by atoms with van der Waals surface area (Å²) in [6, 6.07) is 10.7. The Hall–Kier alpha value is -1.45. The SMILES string of the molecule is CCc1ccc(C)[n+]2ccccc12.O.[OH-]. The summed E-state index contributed by atoms with van der Waals surface area (Å²) in [5.74, 6) is 0. The highest BCUT2D eigenvalue weighted by Crippen LogP contribution is 2.07. The van der Waals surface area contributed by atoms with Crippen LogP contribution in [0.1, 0.15) is 18.2 Å². The fourth-order valence-corrected chi connectivity index (χ4v) is 1.70. The van der Waals surface area contributed by atoms with Crippen molar-refractivity contribution in [3.05, 3.63) is 47.8 Å². The Morgan fingerprint density at radius 2 is 1.87 bits per heavy atom. The van der Waals surface area contributed by atoms with Crippen LogP contribution in [0, 0.1) is 6.92 Å². The first-order valence-electron chi connectivity index (χ1n) is 4.72. The minimum absolute atomic E-state index is 0. The third-order valence-corrected chi connectivity index (χ3v) is 2.48. The summed E-state index contributed by atoms with van der Waals surface area (Å²) in [6.07, 6.45) is 3.21. The Kier molecular flexibility index (Phi) is 4.91. The van der Waals surface area contributed by atoms with Crippen LogP contribution in [-0.4, -0.2) is 11.0 Å². The molecule has 15 heavy (non-hydrogen) atoms. The third kappa shape index (κ3) is 2.32. The van der Waals surface area contributed by atoms with Crippen LogP contribution in [0.25, 0.3) is 5.52 Å². The maximum Gasteiger partial charge on any atom is 0.214 e. The minimum atomic E-state index is 0. The number of rotatable bonds is 1. The maximum atomic E-state index is 2.23. The molecule has 0 bridgehead atoms. The highest BCUT2D eigenvalue weighted by molar-refractivity contribution is 5.47. The van der Waals surface area contributed by atoms with E-state index in [-0.39, 0.29) is 11.0 Å². The lowest BCUT2D eigenvalue weighted by Crippen LogP contribution is -2.25. The normalized spacial score (nSPS) is 9.20.